The third-order valence-electron chi connectivity index (χ3n) is 4.71. The summed E-state index contributed by atoms with van der Waals surface area (Å²) in [7, 11) is 0. The second-order valence-electron chi connectivity index (χ2n) is 6.29. The first-order valence-corrected chi connectivity index (χ1v) is 8.50. The van der Waals surface area contributed by atoms with Crippen LogP contribution in [0.4, 0.5) is 0 Å². The lowest BCUT2D eigenvalue weighted by atomic mass is 9.94. The molecule has 0 radical (unpaired) electrons. The molecule has 1 fully saturated rings. The van der Waals surface area contributed by atoms with E-state index in [1.54, 1.807) is 6.26 Å². The molecule has 2 heterocycles. The third-order valence-corrected chi connectivity index (χ3v) is 4.71. The largest absolute Gasteiger partial charge is 0.501 e. The van der Waals surface area contributed by atoms with E-state index in [1.165, 1.54) is 12.0 Å². The van der Waals surface area contributed by atoms with Crippen LogP contribution in [0.1, 0.15) is 44.1 Å². The van der Waals surface area contributed by atoms with E-state index in [-0.39, 0.29) is 5.91 Å². The minimum absolute atomic E-state index is 0.206. The second kappa shape index (κ2) is 7.48. The molecule has 118 valence electrons. The zero-order valence-electron chi connectivity index (χ0n) is 13.2. The molecule has 1 aromatic carbocycles. The zero-order chi connectivity index (χ0) is 15.2. The molecular weight excluding hydrogens is 274 g/mol. The van der Waals surface area contributed by atoms with Gasteiger partial charge in [0, 0.05) is 12.6 Å². The third kappa shape index (κ3) is 3.70. The maximum Gasteiger partial charge on any atom is 0.253 e. The quantitative estimate of drug-likeness (QED) is 0.848. The highest BCUT2D eigenvalue weighted by Crippen LogP contribution is 2.25. The van der Waals surface area contributed by atoms with Crippen LogP contribution < -0.4 is 0 Å². The lowest BCUT2D eigenvalue weighted by Gasteiger charge is -2.37. The molecule has 1 amide bonds. The van der Waals surface area contributed by atoms with Crippen LogP contribution in [0.15, 0.2) is 42.2 Å². The molecule has 0 saturated carbocycles. The Morgan fingerprint density at radius 3 is 2.82 bits per heavy atom. The van der Waals surface area contributed by atoms with Crippen LogP contribution in [0.25, 0.3) is 0 Å². The number of aryl methyl sites for hydroxylation is 1. The van der Waals surface area contributed by atoms with E-state index in [0.717, 1.165) is 57.2 Å². The summed E-state index contributed by atoms with van der Waals surface area (Å²) in [6.45, 7) is 1.64. The summed E-state index contributed by atoms with van der Waals surface area (Å²) in [5, 5.41) is 0. The van der Waals surface area contributed by atoms with E-state index < -0.39 is 0 Å². The van der Waals surface area contributed by atoms with E-state index in [2.05, 4.69) is 35.2 Å². The summed E-state index contributed by atoms with van der Waals surface area (Å²) in [4.78, 5) is 14.9. The van der Waals surface area contributed by atoms with Gasteiger partial charge in [0.25, 0.3) is 5.91 Å². The fourth-order valence-electron chi connectivity index (χ4n) is 3.45. The van der Waals surface area contributed by atoms with Crippen molar-refractivity contribution in [2.75, 3.05) is 13.2 Å². The van der Waals surface area contributed by atoms with Crippen molar-refractivity contribution in [2.24, 2.45) is 0 Å². The van der Waals surface area contributed by atoms with Gasteiger partial charge < -0.3 is 9.64 Å². The van der Waals surface area contributed by atoms with Crippen molar-refractivity contribution in [3.05, 3.63) is 47.7 Å². The maximum atomic E-state index is 12.8. The van der Waals surface area contributed by atoms with E-state index >= 15 is 0 Å². The molecule has 3 rings (SSSR count). The van der Waals surface area contributed by atoms with Gasteiger partial charge in [-0.05, 0) is 50.5 Å². The van der Waals surface area contributed by atoms with Crippen LogP contribution in [0.3, 0.4) is 0 Å². The highest BCUT2D eigenvalue weighted by Gasteiger charge is 2.29. The molecule has 0 aromatic heterocycles. The van der Waals surface area contributed by atoms with Gasteiger partial charge in [-0.25, -0.2) is 0 Å². The first-order chi connectivity index (χ1) is 10.8. The number of hydrogen-bond acceptors (Lipinski definition) is 2. The monoisotopic (exact) mass is 299 g/mol. The molecule has 3 heteroatoms. The average Bonchev–Trinajstić information content (AvgIpc) is 2.61. The minimum atomic E-state index is 0.206. The fourth-order valence-corrected chi connectivity index (χ4v) is 3.45. The number of benzene rings is 1. The summed E-state index contributed by atoms with van der Waals surface area (Å²) in [6, 6.07) is 10.9. The molecule has 0 bridgehead atoms. The molecule has 2 aliphatic rings. The van der Waals surface area contributed by atoms with E-state index in [1.807, 2.05) is 0 Å². The molecular formula is C19H25NO2. The van der Waals surface area contributed by atoms with Crippen molar-refractivity contribution in [1.29, 1.82) is 0 Å². The number of piperidine rings is 1. The lowest BCUT2D eigenvalue weighted by molar-refractivity contribution is -0.131. The number of likely N-dealkylation sites (tertiary alicyclic amines) is 1. The van der Waals surface area contributed by atoms with Crippen molar-refractivity contribution in [3.8, 4) is 0 Å². The highest BCUT2D eigenvalue weighted by molar-refractivity contribution is 5.93. The van der Waals surface area contributed by atoms with Crippen molar-refractivity contribution >= 4 is 5.91 Å². The molecule has 1 aromatic rings. The normalized spacial score (nSPS) is 21.9. The minimum Gasteiger partial charge on any atom is -0.501 e. The summed E-state index contributed by atoms with van der Waals surface area (Å²) >= 11 is 0. The van der Waals surface area contributed by atoms with Crippen LogP contribution in [-0.4, -0.2) is 30.0 Å². The summed E-state index contributed by atoms with van der Waals surface area (Å²) in [5.74, 6) is 0.206. The van der Waals surface area contributed by atoms with Gasteiger partial charge in [0.1, 0.15) is 0 Å². The standard InChI is InChI=1S/C19H25NO2/c21-19(17-9-6-14-22-15-17)20-13-5-4-10-18(20)12-11-16-7-2-1-3-8-16/h1-3,7-8,15,18H,4-6,9-14H2. The predicted molar refractivity (Wildman–Crippen MR) is 87.4 cm³/mol. The Morgan fingerprint density at radius 2 is 2.05 bits per heavy atom. The van der Waals surface area contributed by atoms with Crippen molar-refractivity contribution in [1.82, 2.24) is 4.90 Å². The summed E-state index contributed by atoms with van der Waals surface area (Å²) in [6.07, 6.45) is 9.11. The van der Waals surface area contributed by atoms with Gasteiger partial charge in [0.05, 0.1) is 18.4 Å². The number of hydrogen-bond donors (Lipinski definition) is 0. The summed E-state index contributed by atoms with van der Waals surface area (Å²) in [5.41, 5.74) is 2.22. The number of nitrogens with zero attached hydrogens (tertiary/aromatic N) is 1. The van der Waals surface area contributed by atoms with Crippen molar-refractivity contribution < 1.29 is 9.53 Å². The molecule has 1 atom stereocenters. The molecule has 3 nitrogen and oxygen atoms in total. The van der Waals surface area contributed by atoms with Crippen molar-refractivity contribution in [2.45, 2.75) is 51.0 Å². The number of rotatable bonds is 4. The van der Waals surface area contributed by atoms with E-state index in [9.17, 15) is 4.79 Å². The van der Waals surface area contributed by atoms with Crippen molar-refractivity contribution in [3.63, 3.8) is 0 Å². The van der Waals surface area contributed by atoms with Gasteiger partial charge in [0.15, 0.2) is 0 Å². The number of carbonyl (C=O) groups excluding carboxylic acids is 1. The fraction of sp³-hybridized carbons (Fsp3) is 0.526. The second-order valence-corrected chi connectivity index (χ2v) is 6.29. The Bertz CT molecular complexity index is 523. The number of ether oxygens (including phenoxy) is 1. The van der Waals surface area contributed by atoms with Gasteiger partial charge in [-0.2, -0.15) is 0 Å². The zero-order valence-corrected chi connectivity index (χ0v) is 13.2. The van der Waals surface area contributed by atoms with Gasteiger partial charge >= 0.3 is 0 Å². The Balaban J connectivity index is 1.63. The Labute approximate surface area is 133 Å². The molecule has 1 unspecified atom stereocenters. The first kappa shape index (κ1) is 15.1. The molecule has 2 aliphatic heterocycles. The van der Waals surface area contributed by atoms with Gasteiger partial charge in [-0.1, -0.05) is 30.3 Å². The lowest BCUT2D eigenvalue weighted by Crippen LogP contribution is -2.44. The van der Waals surface area contributed by atoms with E-state index in [4.69, 9.17) is 4.74 Å². The Hall–Kier alpha value is -1.77. The molecule has 0 aliphatic carbocycles. The highest BCUT2D eigenvalue weighted by atomic mass is 16.5. The number of carbonyl (C=O) groups is 1. The Morgan fingerprint density at radius 1 is 1.18 bits per heavy atom. The first-order valence-electron chi connectivity index (χ1n) is 8.50. The maximum absolute atomic E-state index is 12.8. The van der Waals surface area contributed by atoms with Crippen LogP contribution in [-0.2, 0) is 16.0 Å². The molecule has 0 spiro atoms. The predicted octanol–water partition coefficient (Wildman–Crippen LogP) is 3.69. The van der Waals surface area contributed by atoms with E-state index in [0.29, 0.717) is 6.04 Å². The molecule has 0 N–H and O–H groups in total. The molecule has 22 heavy (non-hydrogen) atoms. The SMILES string of the molecule is O=C(C1=COCCC1)N1CCCCC1CCc1ccccc1. The van der Waals surface area contributed by atoms with Crippen LogP contribution in [0.5, 0.6) is 0 Å². The number of amides is 1. The van der Waals surface area contributed by atoms with Gasteiger partial charge in [0.2, 0.25) is 0 Å². The summed E-state index contributed by atoms with van der Waals surface area (Å²) < 4.78 is 5.35. The average molecular weight is 299 g/mol. The van der Waals surface area contributed by atoms with Gasteiger partial charge in [-0.15, -0.1) is 0 Å². The van der Waals surface area contributed by atoms with Crippen LogP contribution in [0.2, 0.25) is 0 Å². The molecule has 1 saturated heterocycles. The topological polar surface area (TPSA) is 29.5 Å². The van der Waals surface area contributed by atoms with Crippen LogP contribution in [0, 0.1) is 0 Å². The smallest absolute Gasteiger partial charge is 0.253 e. The Kier molecular flexibility index (Phi) is 5.15. The van der Waals surface area contributed by atoms with Gasteiger partial charge in [-0.3, -0.25) is 4.79 Å². The van der Waals surface area contributed by atoms with Crippen LogP contribution >= 0.6 is 0 Å².